The molecule has 0 saturated carbocycles. The van der Waals surface area contributed by atoms with Gasteiger partial charge in [-0.25, -0.2) is 9.97 Å². The van der Waals surface area contributed by atoms with E-state index >= 15 is 0 Å². The summed E-state index contributed by atoms with van der Waals surface area (Å²) in [5, 5.41) is 3.11. The lowest BCUT2D eigenvalue weighted by atomic mass is 10.2. The predicted octanol–water partition coefficient (Wildman–Crippen LogP) is 2.53. The highest BCUT2D eigenvalue weighted by Gasteiger charge is 2.00. The second kappa shape index (κ2) is 4.52. The van der Waals surface area contributed by atoms with E-state index in [0.29, 0.717) is 5.95 Å². The van der Waals surface area contributed by atoms with Crippen molar-refractivity contribution in [2.45, 2.75) is 6.92 Å². The second-order valence-corrected chi connectivity index (χ2v) is 4.29. The maximum atomic E-state index is 4.16. The number of halogens is 1. The van der Waals surface area contributed by atoms with Crippen molar-refractivity contribution in [3.05, 3.63) is 40.0 Å². The Morgan fingerprint density at radius 3 is 2.60 bits per heavy atom. The molecule has 0 atom stereocenters. The van der Waals surface area contributed by atoms with E-state index in [1.807, 2.05) is 13.0 Å². The van der Waals surface area contributed by atoms with Crippen LogP contribution in [0.25, 0.3) is 0 Å². The molecule has 0 radical (unpaired) electrons. The van der Waals surface area contributed by atoms with Gasteiger partial charge in [0.1, 0.15) is 0 Å². The van der Waals surface area contributed by atoms with Crippen LogP contribution in [0.3, 0.4) is 0 Å². The Morgan fingerprint density at radius 2 is 1.93 bits per heavy atom. The lowest BCUT2D eigenvalue weighted by Crippen LogP contribution is -1.98. The van der Waals surface area contributed by atoms with Crippen molar-refractivity contribution < 1.29 is 0 Å². The van der Waals surface area contributed by atoms with Gasteiger partial charge in [-0.05, 0) is 41.1 Å². The Morgan fingerprint density at radius 1 is 1.20 bits per heavy atom. The van der Waals surface area contributed by atoms with Crippen LogP contribution >= 0.6 is 22.6 Å². The zero-order chi connectivity index (χ0) is 10.7. The quantitative estimate of drug-likeness (QED) is 0.866. The summed E-state index contributed by atoms with van der Waals surface area (Å²) < 4.78 is 1.01. The summed E-state index contributed by atoms with van der Waals surface area (Å²) in [6, 6.07) is 1.94. The van der Waals surface area contributed by atoms with Crippen molar-refractivity contribution in [1.82, 2.24) is 15.0 Å². The standard InChI is InChI=1S/C10H9IN4/c1-7-2-3-12-6-9(7)15-10-13-4-8(11)5-14-10/h2-6H,1H3,(H,13,14,15). The van der Waals surface area contributed by atoms with Crippen molar-refractivity contribution in [1.29, 1.82) is 0 Å². The predicted molar refractivity (Wildman–Crippen MR) is 67.0 cm³/mol. The lowest BCUT2D eigenvalue weighted by Gasteiger charge is -2.06. The minimum atomic E-state index is 0.589. The number of aromatic nitrogens is 3. The van der Waals surface area contributed by atoms with Crippen LogP contribution in [-0.2, 0) is 0 Å². The number of hydrogen-bond acceptors (Lipinski definition) is 4. The van der Waals surface area contributed by atoms with E-state index in [9.17, 15) is 0 Å². The molecule has 76 valence electrons. The zero-order valence-electron chi connectivity index (χ0n) is 8.11. The van der Waals surface area contributed by atoms with Gasteiger partial charge in [0, 0.05) is 22.2 Å². The third kappa shape index (κ3) is 2.62. The number of rotatable bonds is 2. The first-order valence-electron chi connectivity index (χ1n) is 4.41. The molecule has 0 spiro atoms. The summed E-state index contributed by atoms with van der Waals surface area (Å²) in [4.78, 5) is 12.4. The molecule has 0 amide bonds. The third-order valence-corrected chi connectivity index (χ3v) is 2.46. The van der Waals surface area contributed by atoms with E-state index in [1.165, 1.54) is 0 Å². The average molecular weight is 312 g/mol. The number of nitrogens with one attached hydrogen (secondary N) is 1. The highest BCUT2D eigenvalue weighted by atomic mass is 127. The molecule has 1 N–H and O–H groups in total. The van der Waals surface area contributed by atoms with Gasteiger partial charge < -0.3 is 5.32 Å². The van der Waals surface area contributed by atoms with Crippen LogP contribution < -0.4 is 5.32 Å². The monoisotopic (exact) mass is 312 g/mol. The molecule has 2 aromatic rings. The van der Waals surface area contributed by atoms with Gasteiger partial charge >= 0.3 is 0 Å². The summed E-state index contributed by atoms with van der Waals surface area (Å²) in [7, 11) is 0. The Bertz CT molecular complexity index is 455. The first-order chi connectivity index (χ1) is 7.25. The average Bonchev–Trinajstić information content (AvgIpc) is 2.25. The molecule has 4 nitrogen and oxygen atoms in total. The maximum Gasteiger partial charge on any atom is 0.227 e. The SMILES string of the molecule is Cc1ccncc1Nc1ncc(I)cn1. The minimum Gasteiger partial charge on any atom is -0.323 e. The summed E-state index contributed by atoms with van der Waals surface area (Å²) in [6.07, 6.45) is 7.05. The summed E-state index contributed by atoms with van der Waals surface area (Å²) in [6.45, 7) is 2.01. The second-order valence-electron chi connectivity index (χ2n) is 3.04. The van der Waals surface area contributed by atoms with Gasteiger partial charge in [-0.2, -0.15) is 0 Å². The normalized spacial score (nSPS) is 10.0. The van der Waals surface area contributed by atoms with Crippen LogP contribution in [0.5, 0.6) is 0 Å². The molecule has 2 aromatic heterocycles. The molecule has 0 saturated heterocycles. The van der Waals surface area contributed by atoms with Gasteiger partial charge in [-0.3, -0.25) is 4.98 Å². The molecule has 0 unspecified atom stereocenters. The Kier molecular flexibility index (Phi) is 3.10. The molecule has 0 aromatic carbocycles. The van der Waals surface area contributed by atoms with Crippen LogP contribution in [0.4, 0.5) is 11.6 Å². The highest BCUT2D eigenvalue weighted by molar-refractivity contribution is 14.1. The van der Waals surface area contributed by atoms with Gasteiger partial charge in [-0.15, -0.1) is 0 Å². The van der Waals surface area contributed by atoms with Crippen molar-refractivity contribution in [2.24, 2.45) is 0 Å². The van der Waals surface area contributed by atoms with Crippen LogP contribution in [0.15, 0.2) is 30.9 Å². The summed E-state index contributed by atoms with van der Waals surface area (Å²) >= 11 is 2.17. The molecular formula is C10H9IN4. The molecule has 2 heterocycles. The van der Waals surface area contributed by atoms with Crippen molar-refractivity contribution in [3.8, 4) is 0 Å². The van der Waals surface area contributed by atoms with Gasteiger partial charge in [-0.1, -0.05) is 0 Å². The Labute approximate surface area is 101 Å². The smallest absolute Gasteiger partial charge is 0.227 e. The van der Waals surface area contributed by atoms with Crippen LogP contribution in [0.2, 0.25) is 0 Å². The van der Waals surface area contributed by atoms with E-state index in [4.69, 9.17) is 0 Å². The first kappa shape index (κ1) is 10.3. The topological polar surface area (TPSA) is 50.7 Å². The summed E-state index contributed by atoms with van der Waals surface area (Å²) in [5.74, 6) is 0.589. The minimum absolute atomic E-state index is 0.589. The zero-order valence-corrected chi connectivity index (χ0v) is 10.3. The molecule has 0 bridgehead atoms. The van der Waals surface area contributed by atoms with Gasteiger partial charge in [0.2, 0.25) is 5.95 Å². The van der Waals surface area contributed by atoms with E-state index < -0.39 is 0 Å². The van der Waals surface area contributed by atoms with E-state index in [-0.39, 0.29) is 0 Å². The van der Waals surface area contributed by atoms with Crippen LogP contribution in [0, 0.1) is 10.5 Å². The van der Waals surface area contributed by atoms with E-state index in [1.54, 1.807) is 24.8 Å². The molecule has 0 aliphatic heterocycles. The van der Waals surface area contributed by atoms with Crippen LogP contribution in [-0.4, -0.2) is 15.0 Å². The van der Waals surface area contributed by atoms with Gasteiger partial charge in [0.05, 0.1) is 11.9 Å². The number of pyridine rings is 1. The molecule has 0 aliphatic carbocycles. The number of nitrogens with zero attached hydrogens (tertiary/aromatic N) is 3. The van der Waals surface area contributed by atoms with E-state index in [0.717, 1.165) is 14.8 Å². The fourth-order valence-electron chi connectivity index (χ4n) is 1.09. The molecule has 5 heteroatoms. The fourth-order valence-corrected chi connectivity index (χ4v) is 1.37. The third-order valence-electron chi connectivity index (χ3n) is 1.91. The van der Waals surface area contributed by atoms with Crippen molar-refractivity contribution in [3.63, 3.8) is 0 Å². The Balaban J connectivity index is 2.22. The van der Waals surface area contributed by atoms with Crippen molar-refractivity contribution >= 4 is 34.2 Å². The molecule has 2 rings (SSSR count). The first-order valence-corrected chi connectivity index (χ1v) is 5.49. The number of anilines is 2. The molecule has 0 fully saturated rings. The maximum absolute atomic E-state index is 4.16. The summed E-state index contributed by atoms with van der Waals surface area (Å²) in [5.41, 5.74) is 2.05. The van der Waals surface area contributed by atoms with E-state index in [2.05, 4.69) is 42.9 Å². The molecule has 0 aliphatic rings. The number of aryl methyl sites for hydroxylation is 1. The van der Waals surface area contributed by atoms with Crippen LogP contribution in [0.1, 0.15) is 5.56 Å². The van der Waals surface area contributed by atoms with Gasteiger partial charge in [0.15, 0.2) is 0 Å². The highest BCUT2D eigenvalue weighted by Crippen LogP contribution is 2.15. The number of hydrogen-bond donors (Lipinski definition) is 1. The van der Waals surface area contributed by atoms with Gasteiger partial charge in [0.25, 0.3) is 0 Å². The molecule has 15 heavy (non-hydrogen) atoms. The fraction of sp³-hybridized carbons (Fsp3) is 0.100. The largest absolute Gasteiger partial charge is 0.323 e. The lowest BCUT2D eigenvalue weighted by molar-refractivity contribution is 1.14. The molecular weight excluding hydrogens is 303 g/mol. The Hall–Kier alpha value is -1.24. The van der Waals surface area contributed by atoms with Crippen molar-refractivity contribution in [2.75, 3.05) is 5.32 Å².